The van der Waals surface area contributed by atoms with Gasteiger partial charge in [-0.1, -0.05) is 0 Å². The molecule has 4 saturated heterocycles. The SMILES string of the molecule is Cc1c(N2CCN(S(C)(=O)=O)[C@H](C)C2)nc2cc(F)cc(F)c2c1Nc1cncc(N2CCOCC2)c1.Cc1c(N2CCN[C@H](C)C2)nc2cc(F)cc(F)c2c1Nc1cncc(N2CCOCC2)c1. The molecule has 0 aliphatic carbocycles. The number of aromatic nitrogens is 4. The summed E-state index contributed by atoms with van der Waals surface area (Å²) in [7, 11) is -3.34. The van der Waals surface area contributed by atoms with Crippen molar-refractivity contribution in [2.75, 3.05) is 128 Å². The normalized spacial score (nSPS) is 19.3. The average molecular weight is 987 g/mol. The highest BCUT2D eigenvalue weighted by molar-refractivity contribution is 7.88. The zero-order valence-electron chi connectivity index (χ0n) is 39.9. The van der Waals surface area contributed by atoms with E-state index in [0.29, 0.717) is 86.1 Å². The first-order chi connectivity index (χ1) is 33.6. The summed E-state index contributed by atoms with van der Waals surface area (Å²) in [5, 5.41) is 10.6. The Morgan fingerprint density at radius 2 is 1.09 bits per heavy atom. The molecule has 0 spiro atoms. The number of nitrogens with one attached hydrogen (secondary N) is 3. The van der Waals surface area contributed by atoms with E-state index in [2.05, 4.69) is 57.5 Å². The molecule has 0 radical (unpaired) electrons. The highest BCUT2D eigenvalue weighted by Crippen LogP contribution is 2.39. The van der Waals surface area contributed by atoms with Crippen LogP contribution in [0, 0.1) is 37.1 Å². The van der Waals surface area contributed by atoms with Crippen LogP contribution >= 0.6 is 0 Å². The molecule has 4 aromatic heterocycles. The molecule has 70 heavy (non-hydrogen) atoms. The Morgan fingerprint density at radius 1 is 0.614 bits per heavy atom. The Bertz CT molecular complexity index is 3000. The number of nitrogens with zero attached hydrogens (tertiary/aromatic N) is 9. The number of hydrogen-bond donors (Lipinski definition) is 3. The van der Waals surface area contributed by atoms with Gasteiger partial charge in [0.25, 0.3) is 0 Å². The second-order valence-electron chi connectivity index (χ2n) is 18.2. The Balaban J connectivity index is 0.000000175. The fraction of sp³-hybridized carbons (Fsp3) is 0.429. The molecule has 3 N–H and O–H groups in total. The molecule has 372 valence electrons. The van der Waals surface area contributed by atoms with E-state index in [9.17, 15) is 17.2 Å². The van der Waals surface area contributed by atoms with Gasteiger partial charge in [0.05, 0.1) is 113 Å². The second-order valence-corrected chi connectivity index (χ2v) is 20.2. The lowest BCUT2D eigenvalue weighted by atomic mass is 10.1. The molecule has 4 aliphatic rings. The zero-order valence-corrected chi connectivity index (χ0v) is 40.7. The number of piperazine rings is 2. The number of morpholine rings is 2. The Morgan fingerprint density at radius 3 is 1.53 bits per heavy atom. The van der Waals surface area contributed by atoms with Crippen molar-refractivity contribution in [3.63, 3.8) is 0 Å². The van der Waals surface area contributed by atoms with Crippen LogP contribution in [0.3, 0.4) is 0 Å². The minimum absolute atomic E-state index is 0.177. The predicted molar refractivity (Wildman–Crippen MR) is 267 cm³/mol. The highest BCUT2D eigenvalue weighted by atomic mass is 32.2. The van der Waals surface area contributed by atoms with Crippen LogP contribution in [0.15, 0.2) is 61.2 Å². The maximum Gasteiger partial charge on any atom is 0.211 e. The van der Waals surface area contributed by atoms with E-state index >= 15 is 8.78 Å². The summed E-state index contributed by atoms with van der Waals surface area (Å²) in [5.41, 5.74) is 6.30. The maximum absolute atomic E-state index is 15.1. The molecule has 6 aromatic rings. The molecule has 4 aliphatic heterocycles. The van der Waals surface area contributed by atoms with Gasteiger partial charge < -0.3 is 45.0 Å². The highest BCUT2D eigenvalue weighted by Gasteiger charge is 2.32. The monoisotopic (exact) mass is 986 g/mol. The van der Waals surface area contributed by atoms with Gasteiger partial charge in [-0.25, -0.2) is 35.9 Å². The average Bonchev–Trinajstić information content (AvgIpc) is 3.33. The van der Waals surface area contributed by atoms with Crippen LogP contribution in [0.2, 0.25) is 0 Å². The number of rotatable bonds is 9. The zero-order chi connectivity index (χ0) is 49.3. The maximum atomic E-state index is 15.1. The molecule has 10 rings (SSSR count). The number of halogens is 4. The predicted octanol–water partition coefficient (Wildman–Crippen LogP) is 6.86. The van der Waals surface area contributed by atoms with Gasteiger partial charge in [0, 0.05) is 113 Å². The third-order valence-electron chi connectivity index (χ3n) is 13.1. The Kier molecular flexibility index (Phi) is 14.4. The standard InChI is InChI=1S/C25H30F2N6O3S.C24H28F2N6O/c1-16-15-32(4-5-33(16)37(3,34)35)25-17(2)24(23-21(27)10-18(26)11-22(23)30-25)29-19-12-20(14-28-13-19)31-6-8-36-9-7-31;1-15-14-32(4-3-28-15)24-16(2)23(22-20(26)9-17(25)10-21(22)30-24)29-18-11-19(13-27-12-18)31-5-7-33-8-6-31/h10-14,16H,4-9,15H2,1-3H3,(H,29,30);9-13,15,28H,3-8,14H2,1-2H3,(H,29,30)/t16-;15-/m11/s1. The molecular weight excluding hydrogens is 929 g/mol. The van der Waals surface area contributed by atoms with Crippen LogP contribution in [-0.4, -0.2) is 143 Å². The van der Waals surface area contributed by atoms with Crippen molar-refractivity contribution >= 4 is 77.6 Å². The smallest absolute Gasteiger partial charge is 0.211 e. The molecule has 0 saturated carbocycles. The fourth-order valence-electron chi connectivity index (χ4n) is 9.73. The number of pyridine rings is 4. The summed E-state index contributed by atoms with van der Waals surface area (Å²) < 4.78 is 95.1. The van der Waals surface area contributed by atoms with Crippen molar-refractivity contribution in [3.05, 3.63) is 95.6 Å². The van der Waals surface area contributed by atoms with Crippen LogP contribution in [0.5, 0.6) is 0 Å². The largest absolute Gasteiger partial charge is 0.378 e. The molecule has 4 fully saturated rings. The lowest BCUT2D eigenvalue weighted by Crippen LogP contribution is -2.54. The van der Waals surface area contributed by atoms with Gasteiger partial charge in [0.2, 0.25) is 10.0 Å². The minimum Gasteiger partial charge on any atom is -0.378 e. The first-order valence-electron chi connectivity index (χ1n) is 23.5. The second kappa shape index (κ2) is 20.7. The Hall–Kier alpha value is -6.13. The van der Waals surface area contributed by atoms with Gasteiger partial charge in [-0.15, -0.1) is 0 Å². The summed E-state index contributed by atoms with van der Waals surface area (Å²) in [5.74, 6) is -1.42. The molecule has 0 unspecified atom stereocenters. The number of sulfonamides is 1. The minimum atomic E-state index is -3.34. The van der Waals surface area contributed by atoms with Gasteiger partial charge in [-0.3, -0.25) is 9.97 Å². The number of hydrogen-bond acceptors (Lipinski definition) is 15. The number of fused-ring (bicyclic) bond motifs is 2. The quantitative estimate of drug-likeness (QED) is 0.129. The molecule has 2 atom stereocenters. The number of ether oxygens (including phenoxy) is 2. The van der Waals surface area contributed by atoms with E-state index in [4.69, 9.17) is 9.47 Å². The first kappa shape index (κ1) is 48.9. The van der Waals surface area contributed by atoms with Crippen LogP contribution in [0.1, 0.15) is 25.0 Å². The molecule has 16 nitrogen and oxygen atoms in total. The number of anilines is 8. The number of benzene rings is 2. The molecule has 21 heteroatoms. The van der Waals surface area contributed by atoms with Gasteiger partial charge >= 0.3 is 0 Å². The lowest BCUT2D eigenvalue weighted by Gasteiger charge is -2.39. The van der Waals surface area contributed by atoms with Crippen molar-refractivity contribution in [1.82, 2.24) is 29.6 Å². The van der Waals surface area contributed by atoms with Crippen molar-refractivity contribution in [2.24, 2.45) is 0 Å². The first-order valence-corrected chi connectivity index (χ1v) is 25.3. The Labute approximate surface area is 405 Å². The van der Waals surface area contributed by atoms with Gasteiger partial charge in [0.1, 0.15) is 34.9 Å². The third kappa shape index (κ3) is 10.6. The van der Waals surface area contributed by atoms with E-state index in [1.54, 1.807) is 18.6 Å². The van der Waals surface area contributed by atoms with Crippen LogP contribution in [-0.2, 0) is 19.5 Å². The third-order valence-corrected chi connectivity index (χ3v) is 14.5. The van der Waals surface area contributed by atoms with Gasteiger partial charge in [-0.05, 0) is 39.8 Å². The molecule has 0 bridgehead atoms. The summed E-state index contributed by atoms with van der Waals surface area (Å²) in [4.78, 5) is 26.6. The van der Waals surface area contributed by atoms with E-state index in [0.717, 1.165) is 86.4 Å². The summed E-state index contributed by atoms with van der Waals surface area (Å²) in [6.45, 7) is 16.9. The van der Waals surface area contributed by atoms with E-state index in [1.165, 1.54) is 22.7 Å². The van der Waals surface area contributed by atoms with Crippen molar-refractivity contribution in [1.29, 1.82) is 0 Å². The topological polar surface area (TPSA) is 156 Å². The molecule has 2 aromatic carbocycles. The van der Waals surface area contributed by atoms with Crippen molar-refractivity contribution < 1.29 is 35.5 Å². The summed E-state index contributed by atoms with van der Waals surface area (Å²) >= 11 is 0. The van der Waals surface area contributed by atoms with E-state index in [1.807, 2.05) is 44.0 Å². The van der Waals surface area contributed by atoms with Crippen LogP contribution in [0.25, 0.3) is 21.8 Å². The van der Waals surface area contributed by atoms with E-state index in [-0.39, 0.29) is 22.3 Å². The van der Waals surface area contributed by atoms with Gasteiger partial charge in [0.15, 0.2) is 0 Å². The van der Waals surface area contributed by atoms with Crippen LogP contribution < -0.4 is 35.6 Å². The molecule has 0 amide bonds. The van der Waals surface area contributed by atoms with Crippen LogP contribution in [0.4, 0.5) is 63.3 Å². The van der Waals surface area contributed by atoms with E-state index < -0.39 is 33.3 Å². The van der Waals surface area contributed by atoms with Crippen molar-refractivity contribution in [3.8, 4) is 0 Å². The molecular formula is C49H58F4N12O4S. The fourth-order valence-corrected chi connectivity index (χ4v) is 10.9. The lowest BCUT2D eigenvalue weighted by molar-refractivity contribution is 0.122. The summed E-state index contributed by atoms with van der Waals surface area (Å²) in [6.07, 6.45) is 8.16. The van der Waals surface area contributed by atoms with Crippen molar-refractivity contribution in [2.45, 2.75) is 39.8 Å². The molecule has 8 heterocycles. The van der Waals surface area contributed by atoms with Gasteiger partial charge in [-0.2, -0.15) is 4.31 Å². The summed E-state index contributed by atoms with van der Waals surface area (Å²) in [6, 6.07) is 8.22.